The number of rotatable bonds is 9. The largest absolute Gasteiger partial charge is 0.226 e. The van der Waals surface area contributed by atoms with Gasteiger partial charge >= 0.3 is 0 Å². The number of aromatic nitrogens is 9. The molecule has 20 heteroatoms. The first-order valence-electron chi connectivity index (χ1n) is 30.9. The Bertz CT molecular complexity index is 5750. The topological polar surface area (TPSA) is 164 Å². The fourth-order valence-electron chi connectivity index (χ4n) is 10.4. The molecule has 15 rings (SSSR count). The molecule has 0 saturated heterocycles. The van der Waals surface area contributed by atoms with Gasteiger partial charge in [0.2, 0.25) is 21.7 Å². The van der Waals surface area contributed by atoms with E-state index in [1.807, 2.05) is 103 Å². The van der Waals surface area contributed by atoms with Gasteiger partial charge in [-0.3, -0.25) is 0 Å². The molecule has 456 valence electrons. The van der Waals surface area contributed by atoms with E-state index in [2.05, 4.69) is 88.4 Å². The second kappa shape index (κ2) is 27.3. The van der Waals surface area contributed by atoms with E-state index in [0.717, 1.165) is 48.5 Å². The molecule has 11 aromatic carbocycles. The van der Waals surface area contributed by atoms with Gasteiger partial charge in [-0.1, -0.05) is 200 Å². The summed E-state index contributed by atoms with van der Waals surface area (Å²) in [6.45, 7) is 0. The maximum atomic E-state index is 14.0. The van der Waals surface area contributed by atoms with Crippen molar-refractivity contribution in [3.8, 4) is 114 Å². The molecule has 0 spiro atoms. The van der Waals surface area contributed by atoms with Crippen molar-refractivity contribution < 1.29 is 28.8 Å². The Labute approximate surface area is 564 Å². The van der Waals surface area contributed by atoms with Crippen molar-refractivity contribution in [2.24, 2.45) is 0 Å². The van der Waals surface area contributed by atoms with E-state index in [1.54, 1.807) is 47.7 Å². The first-order valence-corrected chi connectivity index (χ1v) is 30.3. The maximum absolute atomic E-state index is 14.0. The van der Waals surface area contributed by atoms with Gasteiger partial charge in [0, 0.05) is 53.6 Å². The summed E-state index contributed by atoms with van der Waals surface area (Å²) in [5.41, 5.74) is 6.66. The quantitative estimate of drug-likeness (QED) is 0.0767. The van der Waals surface area contributed by atoms with E-state index in [-0.39, 0.29) is 44.5 Å². The Morgan fingerprint density at radius 1 is 0.347 bits per heavy atom. The van der Waals surface area contributed by atoms with E-state index in [4.69, 9.17) is 46.6 Å². The van der Waals surface area contributed by atoms with Gasteiger partial charge < -0.3 is 0 Å². The molecule has 0 unspecified atom stereocenters. The van der Waals surface area contributed by atoms with Crippen LogP contribution in [-0.4, -0.2) is 44.9 Å². The van der Waals surface area contributed by atoms with E-state index < -0.39 is 64.9 Å². The van der Waals surface area contributed by atoms with Crippen LogP contribution in [0.4, 0.5) is 22.0 Å². The number of benzene rings is 11. The van der Waals surface area contributed by atoms with Crippen molar-refractivity contribution in [3.05, 3.63) is 293 Å². The third-order valence-electron chi connectivity index (χ3n) is 14.7. The lowest BCUT2D eigenvalue weighted by molar-refractivity contribution is 0.381. The van der Waals surface area contributed by atoms with Gasteiger partial charge in [0.25, 0.3) is 0 Å². The Morgan fingerprint density at radius 2 is 0.768 bits per heavy atom. The summed E-state index contributed by atoms with van der Waals surface area (Å²) >= 11 is 20.3. The zero-order chi connectivity index (χ0) is 70.0. The minimum absolute atomic E-state index is 0.0392. The van der Waals surface area contributed by atoms with E-state index in [9.17, 15) is 32.5 Å². The normalized spacial score (nSPS) is 11.7. The molecule has 0 atom stereocenters. The van der Waals surface area contributed by atoms with Crippen LogP contribution in [0.3, 0.4) is 0 Å². The number of hydrogen-bond donors (Lipinski definition) is 0. The summed E-state index contributed by atoms with van der Waals surface area (Å²) < 4.78 is 111. The smallest absolute Gasteiger partial charge is 0.208 e. The van der Waals surface area contributed by atoms with Crippen LogP contribution in [-0.2, 0) is 0 Å². The molecule has 0 amide bonds. The zero-order valence-electron chi connectivity index (χ0n) is 53.5. The highest BCUT2D eigenvalue weighted by molar-refractivity contribution is 7.26. The SMILES string of the molecule is Fc1c(F)c(F)c(-c2ccc(-c3nc(Cl)nc(-c4ccccc4)n3)cc2)c(F)c1F.N#Cc1cc(C#N)cc(-c2nc(Cl)nc(-c3cccc4sc5c(-c6ccccc6)cccc5c34)n2)c1.[2H]c1c([2H])c([2H])c(-c2nc(Cl)nc(-c3cc4ccccc4cc3-c3ccccc3)n2)c([2H])c1[2H]. The summed E-state index contributed by atoms with van der Waals surface area (Å²) in [5.74, 6) is -8.66. The minimum Gasteiger partial charge on any atom is -0.208 e. The average molecular weight is 1330 g/mol. The molecule has 4 aromatic heterocycles. The van der Waals surface area contributed by atoms with Gasteiger partial charge in [0.1, 0.15) is 0 Å². The van der Waals surface area contributed by atoms with E-state index in [0.29, 0.717) is 50.9 Å². The zero-order valence-corrected chi connectivity index (χ0v) is 51.6. The first-order chi connectivity index (χ1) is 48.3. The van der Waals surface area contributed by atoms with Crippen molar-refractivity contribution in [1.82, 2.24) is 44.9 Å². The Morgan fingerprint density at radius 3 is 1.33 bits per heavy atom. The first kappa shape index (κ1) is 56.2. The van der Waals surface area contributed by atoms with Crippen LogP contribution >= 0.6 is 46.1 Å². The molecule has 95 heavy (non-hydrogen) atoms. The van der Waals surface area contributed by atoms with E-state index >= 15 is 0 Å². The molecule has 0 bridgehead atoms. The van der Waals surface area contributed by atoms with Gasteiger partial charge in [0.15, 0.2) is 58.2 Å². The fraction of sp³-hybridized carbons (Fsp3) is 0. The molecule has 0 N–H and O–H groups in total. The number of nitrogens with zero attached hydrogens (tertiary/aromatic N) is 11. The number of thiophene rings is 1. The molecule has 0 saturated carbocycles. The van der Waals surface area contributed by atoms with Crippen LogP contribution in [0.15, 0.2) is 236 Å². The van der Waals surface area contributed by atoms with Crippen molar-refractivity contribution in [2.45, 2.75) is 0 Å². The van der Waals surface area contributed by atoms with Gasteiger partial charge in [-0.25, -0.2) is 36.9 Å². The molecule has 0 aliphatic rings. The summed E-state index contributed by atoms with van der Waals surface area (Å²) in [5, 5.41) is 22.8. The van der Waals surface area contributed by atoms with Crippen LogP contribution in [0.5, 0.6) is 0 Å². The Hall–Kier alpha value is -11.6. The second-order valence-electron chi connectivity index (χ2n) is 20.6. The summed E-state index contributed by atoms with van der Waals surface area (Å²) in [6, 6.07) is 65.2. The predicted octanol–water partition coefficient (Wildman–Crippen LogP) is 20.5. The average Bonchev–Trinajstić information content (AvgIpc) is 1.45. The third-order valence-corrected chi connectivity index (χ3v) is 16.4. The van der Waals surface area contributed by atoms with Gasteiger partial charge in [-0.05, 0) is 110 Å². The molecule has 0 aliphatic carbocycles. The minimum atomic E-state index is -2.21. The number of halogens is 8. The van der Waals surface area contributed by atoms with Crippen molar-refractivity contribution in [3.63, 3.8) is 0 Å². The highest BCUT2D eigenvalue weighted by Gasteiger charge is 2.27. The van der Waals surface area contributed by atoms with Gasteiger partial charge in [-0.2, -0.15) is 40.4 Å². The second-order valence-corrected chi connectivity index (χ2v) is 22.7. The molecule has 0 fully saturated rings. The van der Waals surface area contributed by atoms with Crippen molar-refractivity contribution >= 4 is 77.1 Å². The Balaban J connectivity index is 0.000000135. The maximum Gasteiger partial charge on any atom is 0.226 e. The van der Waals surface area contributed by atoms with Gasteiger partial charge in [0.05, 0.1) is 35.7 Å². The van der Waals surface area contributed by atoms with Crippen molar-refractivity contribution in [1.29, 1.82) is 10.5 Å². The van der Waals surface area contributed by atoms with Crippen LogP contribution in [0.2, 0.25) is 15.9 Å². The highest BCUT2D eigenvalue weighted by Crippen LogP contribution is 2.44. The van der Waals surface area contributed by atoms with Gasteiger partial charge in [-0.15, -0.1) is 11.3 Å². The van der Waals surface area contributed by atoms with Crippen LogP contribution in [0.1, 0.15) is 18.0 Å². The standard InChI is InChI=1S/C29H14ClN5S.C25H16ClN3.C21H9ClF5N3/c30-29-34-27(20-13-17(15-31)12-18(14-20)16-32)33-28(35-29)23-10-5-11-24-25(23)22-9-4-8-21(26(22)36-24)19-6-2-1-3-7-19;26-25-28-23(18-11-5-2-6-12-18)27-24(29-25)22-16-20-14-8-7-13-19(20)15-21(22)17-9-3-1-4-10-17;22-21-29-19(11-4-2-1-3-5-11)28-20(30-21)12-8-6-10(7-9-12)13-14(23)16(25)18(27)17(26)15(13)24/h1-14H;1-16H;1-9H/i;2D,5D,6D,11D,12D;. The Kier molecular flexibility index (Phi) is 16.2. The summed E-state index contributed by atoms with van der Waals surface area (Å²) in [4.78, 5) is 38.9. The lowest BCUT2D eigenvalue weighted by atomic mass is 9.95. The molecule has 11 nitrogen and oxygen atoms in total. The summed E-state index contributed by atoms with van der Waals surface area (Å²) in [6.07, 6.45) is 0. The lowest BCUT2D eigenvalue weighted by Crippen LogP contribution is -2.04. The van der Waals surface area contributed by atoms with Crippen LogP contribution in [0, 0.1) is 51.7 Å². The monoisotopic (exact) mass is 1330 g/mol. The van der Waals surface area contributed by atoms with Crippen LogP contribution < -0.4 is 0 Å². The molecule has 0 radical (unpaired) electrons. The van der Waals surface area contributed by atoms with E-state index in [1.165, 1.54) is 40.6 Å². The lowest BCUT2D eigenvalue weighted by Gasteiger charge is -2.12. The molecular weight excluding hydrogens is 1290 g/mol. The van der Waals surface area contributed by atoms with Crippen LogP contribution in [0.25, 0.3) is 133 Å². The number of hydrogen-bond acceptors (Lipinski definition) is 12. The summed E-state index contributed by atoms with van der Waals surface area (Å²) in [7, 11) is 0. The molecule has 4 heterocycles. The van der Waals surface area contributed by atoms with Crippen molar-refractivity contribution in [2.75, 3.05) is 0 Å². The number of fused-ring (bicyclic) bond motifs is 4. The number of nitriles is 2. The molecular formula is C75H39Cl3F5N11S. The predicted molar refractivity (Wildman–Crippen MR) is 363 cm³/mol. The highest BCUT2D eigenvalue weighted by atomic mass is 35.5. The molecule has 0 aliphatic heterocycles. The fourth-order valence-corrected chi connectivity index (χ4v) is 12.2. The molecule has 15 aromatic rings. The third kappa shape index (κ3) is 13.1.